The van der Waals surface area contributed by atoms with Gasteiger partial charge in [-0.3, -0.25) is 4.79 Å². The first-order chi connectivity index (χ1) is 11.3. The molecule has 0 aliphatic carbocycles. The Balaban J connectivity index is 2.12. The normalized spacial score (nSPS) is 11.6. The van der Waals surface area contributed by atoms with Crippen LogP contribution in [-0.2, 0) is 4.79 Å². The Labute approximate surface area is 157 Å². The lowest BCUT2D eigenvalue weighted by atomic mass is 10.0. The van der Waals surface area contributed by atoms with E-state index in [2.05, 4.69) is 42.5 Å². The van der Waals surface area contributed by atoms with Crippen LogP contribution in [0.5, 0.6) is 0 Å². The number of benzene rings is 2. The Bertz CT molecular complexity index is 765. The number of nitrogens with one attached hydrogen (secondary N) is 2. The first kappa shape index (κ1) is 18.5. The van der Waals surface area contributed by atoms with Crippen LogP contribution >= 0.6 is 31.9 Å². The predicted molar refractivity (Wildman–Crippen MR) is 102 cm³/mol. The van der Waals surface area contributed by atoms with E-state index in [1.54, 1.807) is 0 Å². The van der Waals surface area contributed by atoms with Crippen LogP contribution in [0, 0.1) is 6.92 Å². The third kappa shape index (κ3) is 5.35. The second-order valence-corrected chi connectivity index (χ2v) is 7.10. The molecule has 126 valence electrons. The first-order valence-corrected chi connectivity index (χ1v) is 8.81. The summed E-state index contributed by atoms with van der Waals surface area (Å²) in [6, 6.07) is 11.8. The minimum Gasteiger partial charge on any atom is -0.352 e. The summed E-state index contributed by atoms with van der Waals surface area (Å²) in [7, 11) is 0. The Morgan fingerprint density at radius 1 is 1.17 bits per heavy atom. The molecule has 5 nitrogen and oxygen atoms in total. The number of anilines is 1. The first-order valence-electron chi connectivity index (χ1n) is 7.22. The average molecular weight is 455 g/mol. The highest BCUT2D eigenvalue weighted by atomic mass is 79.9. The van der Waals surface area contributed by atoms with Gasteiger partial charge in [-0.25, -0.2) is 4.79 Å². The maximum Gasteiger partial charge on any atom is 0.312 e. The molecule has 0 saturated heterocycles. The number of aryl methyl sites for hydroxylation is 1. The molecule has 24 heavy (non-hydrogen) atoms. The fraction of sp³-hybridized carbons (Fsp3) is 0.176. The average Bonchev–Trinajstić information content (AvgIpc) is 2.50. The van der Waals surface area contributed by atoms with Crippen molar-refractivity contribution in [3.8, 4) is 0 Å². The summed E-state index contributed by atoms with van der Waals surface area (Å²) in [6.07, 6.45) is 0.0779. The molecular weight excluding hydrogens is 438 g/mol. The zero-order valence-electron chi connectivity index (χ0n) is 13.0. The quantitative estimate of drug-likeness (QED) is 0.630. The van der Waals surface area contributed by atoms with Crippen molar-refractivity contribution in [2.75, 3.05) is 5.32 Å². The summed E-state index contributed by atoms with van der Waals surface area (Å²) in [4.78, 5) is 23.6. The molecular formula is C17H17Br2N3O2. The third-order valence-electron chi connectivity index (χ3n) is 3.40. The SMILES string of the molecule is Cc1cc(NC(=O)CC(NC(N)=O)c2cccc(Br)c2)ccc1Br. The third-order valence-corrected chi connectivity index (χ3v) is 4.78. The summed E-state index contributed by atoms with van der Waals surface area (Å²) in [5, 5.41) is 5.44. The Hall–Kier alpha value is -1.86. The van der Waals surface area contributed by atoms with E-state index in [4.69, 9.17) is 5.73 Å². The molecule has 0 saturated carbocycles. The van der Waals surface area contributed by atoms with Gasteiger partial charge < -0.3 is 16.4 Å². The number of amides is 3. The van der Waals surface area contributed by atoms with Crippen LogP contribution in [0.4, 0.5) is 10.5 Å². The Kier molecular flexibility index (Phi) is 6.39. The van der Waals surface area contributed by atoms with Gasteiger partial charge in [-0.1, -0.05) is 44.0 Å². The molecule has 0 fully saturated rings. The minimum atomic E-state index is -0.674. The van der Waals surface area contributed by atoms with Crippen LogP contribution in [0.2, 0.25) is 0 Å². The number of hydrogen-bond donors (Lipinski definition) is 3. The lowest BCUT2D eigenvalue weighted by molar-refractivity contribution is -0.116. The lowest BCUT2D eigenvalue weighted by Crippen LogP contribution is -2.35. The molecule has 0 aliphatic rings. The summed E-state index contributed by atoms with van der Waals surface area (Å²) < 4.78 is 1.84. The predicted octanol–water partition coefficient (Wildman–Crippen LogP) is 4.26. The van der Waals surface area contributed by atoms with Crippen molar-refractivity contribution < 1.29 is 9.59 Å². The van der Waals surface area contributed by atoms with Crippen LogP contribution in [0.1, 0.15) is 23.6 Å². The molecule has 2 aromatic carbocycles. The van der Waals surface area contributed by atoms with Crippen molar-refractivity contribution in [2.45, 2.75) is 19.4 Å². The molecule has 2 rings (SSSR count). The standard InChI is InChI=1S/C17H17Br2N3O2/c1-10-7-13(5-6-14(10)19)21-16(23)9-15(22-17(20)24)11-3-2-4-12(18)8-11/h2-8,15H,9H2,1H3,(H,21,23)(H3,20,22,24). The summed E-state index contributed by atoms with van der Waals surface area (Å²) in [5.41, 5.74) is 7.75. The highest BCUT2D eigenvalue weighted by molar-refractivity contribution is 9.10. The van der Waals surface area contributed by atoms with Crippen molar-refractivity contribution in [2.24, 2.45) is 5.73 Å². The summed E-state index contributed by atoms with van der Waals surface area (Å²) in [5.74, 6) is -0.213. The number of carbonyl (C=O) groups is 2. The number of urea groups is 1. The molecule has 0 bridgehead atoms. The van der Waals surface area contributed by atoms with E-state index in [1.165, 1.54) is 0 Å². The van der Waals surface area contributed by atoms with Crippen LogP contribution in [0.25, 0.3) is 0 Å². The smallest absolute Gasteiger partial charge is 0.312 e. The molecule has 0 radical (unpaired) electrons. The fourth-order valence-electron chi connectivity index (χ4n) is 2.27. The molecule has 3 amide bonds. The number of halogens is 2. The van der Waals surface area contributed by atoms with Crippen LogP contribution in [0.15, 0.2) is 51.4 Å². The van der Waals surface area contributed by atoms with Gasteiger partial charge in [-0.2, -0.15) is 0 Å². The largest absolute Gasteiger partial charge is 0.352 e. The van der Waals surface area contributed by atoms with Crippen molar-refractivity contribution >= 4 is 49.5 Å². The number of rotatable bonds is 5. The Morgan fingerprint density at radius 3 is 2.54 bits per heavy atom. The molecule has 1 unspecified atom stereocenters. The van der Waals surface area contributed by atoms with E-state index < -0.39 is 12.1 Å². The van der Waals surface area contributed by atoms with Gasteiger partial charge in [0, 0.05) is 14.6 Å². The molecule has 1 atom stereocenters. The summed E-state index contributed by atoms with van der Waals surface area (Å²) >= 11 is 6.80. The van der Waals surface area contributed by atoms with E-state index in [0.717, 1.165) is 20.1 Å². The van der Waals surface area contributed by atoms with Crippen molar-refractivity contribution in [3.05, 3.63) is 62.5 Å². The zero-order valence-corrected chi connectivity index (χ0v) is 16.1. The molecule has 4 N–H and O–H groups in total. The van der Waals surface area contributed by atoms with Crippen LogP contribution in [0.3, 0.4) is 0 Å². The molecule has 0 aromatic heterocycles. The number of hydrogen-bond acceptors (Lipinski definition) is 2. The second kappa shape index (κ2) is 8.30. The fourth-order valence-corrected chi connectivity index (χ4v) is 2.93. The number of carbonyl (C=O) groups excluding carboxylic acids is 2. The van der Waals surface area contributed by atoms with Gasteiger partial charge in [0.15, 0.2) is 0 Å². The van der Waals surface area contributed by atoms with Gasteiger partial charge >= 0.3 is 6.03 Å². The zero-order chi connectivity index (χ0) is 17.7. The van der Waals surface area contributed by atoms with E-state index in [9.17, 15) is 9.59 Å². The molecule has 0 spiro atoms. The van der Waals surface area contributed by atoms with E-state index in [0.29, 0.717) is 5.69 Å². The van der Waals surface area contributed by atoms with Crippen molar-refractivity contribution in [1.82, 2.24) is 5.32 Å². The van der Waals surface area contributed by atoms with E-state index >= 15 is 0 Å². The van der Waals surface area contributed by atoms with E-state index in [1.807, 2.05) is 49.4 Å². The Morgan fingerprint density at radius 2 is 1.92 bits per heavy atom. The highest BCUT2D eigenvalue weighted by Gasteiger charge is 2.18. The van der Waals surface area contributed by atoms with Crippen molar-refractivity contribution in [1.29, 1.82) is 0 Å². The molecule has 2 aromatic rings. The van der Waals surface area contributed by atoms with Gasteiger partial charge in [-0.15, -0.1) is 0 Å². The molecule has 0 aliphatic heterocycles. The topological polar surface area (TPSA) is 84.2 Å². The maximum absolute atomic E-state index is 12.3. The minimum absolute atomic E-state index is 0.0779. The highest BCUT2D eigenvalue weighted by Crippen LogP contribution is 2.23. The van der Waals surface area contributed by atoms with Gasteiger partial charge in [0.2, 0.25) is 5.91 Å². The van der Waals surface area contributed by atoms with Crippen molar-refractivity contribution in [3.63, 3.8) is 0 Å². The van der Waals surface area contributed by atoms with E-state index in [-0.39, 0.29) is 12.3 Å². The van der Waals surface area contributed by atoms with Gasteiger partial charge in [0.1, 0.15) is 0 Å². The number of nitrogens with two attached hydrogens (primary N) is 1. The molecule has 0 heterocycles. The van der Waals surface area contributed by atoms with Gasteiger partial charge in [0.05, 0.1) is 12.5 Å². The number of primary amides is 1. The second-order valence-electron chi connectivity index (χ2n) is 5.33. The maximum atomic E-state index is 12.3. The summed E-state index contributed by atoms with van der Waals surface area (Å²) in [6.45, 7) is 1.94. The van der Waals surface area contributed by atoms with Gasteiger partial charge in [-0.05, 0) is 48.4 Å². The lowest BCUT2D eigenvalue weighted by Gasteiger charge is -2.18. The van der Waals surface area contributed by atoms with Crippen LogP contribution in [-0.4, -0.2) is 11.9 Å². The van der Waals surface area contributed by atoms with Gasteiger partial charge in [0.25, 0.3) is 0 Å². The monoisotopic (exact) mass is 453 g/mol. The van der Waals surface area contributed by atoms with Crippen LogP contribution < -0.4 is 16.4 Å². The molecule has 7 heteroatoms.